The Hall–Kier alpha value is -1.95. The van der Waals surface area contributed by atoms with Crippen LogP contribution >= 0.6 is 0 Å². The van der Waals surface area contributed by atoms with Gasteiger partial charge in [-0.15, -0.1) is 12.3 Å². The molecule has 0 fully saturated rings. The van der Waals surface area contributed by atoms with Crippen LogP contribution in [0.1, 0.15) is 50.7 Å². The summed E-state index contributed by atoms with van der Waals surface area (Å²) in [6.07, 6.45) is 12.0. The lowest BCUT2D eigenvalue weighted by Crippen LogP contribution is -2.05. The molecule has 0 aliphatic rings. The Labute approximate surface area is 128 Å². The number of nitrogen functional groups attached to an aromatic ring is 1. The summed E-state index contributed by atoms with van der Waals surface area (Å²) in [5.74, 6) is 3.52. The summed E-state index contributed by atoms with van der Waals surface area (Å²) in [6.45, 7) is 4.26. The molecule has 1 unspecified atom stereocenters. The molecule has 1 atom stereocenters. The van der Waals surface area contributed by atoms with Crippen LogP contribution in [-0.4, -0.2) is 19.4 Å². The first-order valence-electron chi connectivity index (χ1n) is 7.59. The molecule has 3 nitrogen and oxygen atoms in total. The van der Waals surface area contributed by atoms with Crippen LogP contribution in [0.3, 0.4) is 0 Å². The molecule has 0 saturated heterocycles. The number of nitrogens with two attached hydrogens (primary N) is 1. The van der Waals surface area contributed by atoms with Gasteiger partial charge in [0.25, 0.3) is 0 Å². The highest BCUT2D eigenvalue weighted by Gasteiger charge is 2.08. The van der Waals surface area contributed by atoms with Crippen molar-refractivity contribution in [1.29, 1.82) is 0 Å². The number of hydrogen-bond donors (Lipinski definition) is 1. The molecule has 0 spiro atoms. The number of rotatable bonds is 8. The first kappa shape index (κ1) is 17.1. The zero-order valence-corrected chi connectivity index (χ0v) is 13.4. The second-order valence-electron chi connectivity index (χ2n) is 5.11. The Kier molecular flexibility index (Phi) is 7.39. The van der Waals surface area contributed by atoms with Crippen LogP contribution < -0.4 is 10.5 Å². The van der Waals surface area contributed by atoms with Crippen LogP contribution in [-0.2, 0) is 6.42 Å². The van der Waals surface area contributed by atoms with Crippen molar-refractivity contribution in [2.24, 2.45) is 4.99 Å². The molecular weight excluding hydrogens is 260 g/mol. The lowest BCUT2D eigenvalue weighted by atomic mass is 10.0. The minimum atomic E-state index is 0.276. The minimum absolute atomic E-state index is 0.276. The number of terminal acetylenes is 1. The zero-order valence-electron chi connectivity index (χ0n) is 13.4. The van der Waals surface area contributed by atoms with E-state index in [0.29, 0.717) is 5.69 Å². The molecule has 1 aromatic carbocycles. The highest BCUT2D eigenvalue weighted by atomic mass is 16.5. The van der Waals surface area contributed by atoms with Crippen molar-refractivity contribution in [1.82, 2.24) is 0 Å². The predicted molar refractivity (Wildman–Crippen MR) is 91.1 cm³/mol. The molecule has 0 heterocycles. The number of aliphatic imine (C=N–C) groups is 1. The number of ether oxygens (including phenoxy) is 1. The maximum atomic E-state index is 6.08. The predicted octanol–water partition coefficient (Wildman–Crippen LogP) is 3.84. The Morgan fingerprint density at radius 1 is 1.38 bits per heavy atom. The molecule has 0 radical (unpaired) electrons. The van der Waals surface area contributed by atoms with Gasteiger partial charge in [-0.1, -0.05) is 20.3 Å². The van der Waals surface area contributed by atoms with Crippen molar-refractivity contribution in [3.8, 4) is 18.1 Å². The van der Waals surface area contributed by atoms with E-state index in [0.717, 1.165) is 49.0 Å². The first-order chi connectivity index (χ1) is 10.2. The summed E-state index contributed by atoms with van der Waals surface area (Å²) < 4.78 is 5.34. The maximum absolute atomic E-state index is 6.08. The molecule has 1 rings (SSSR count). The van der Waals surface area contributed by atoms with Gasteiger partial charge in [0.2, 0.25) is 0 Å². The Balaban J connectivity index is 2.94. The summed E-state index contributed by atoms with van der Waals surface area (Å²) in [5, 5.41) is 0. The van der Waals surface area contributed by atoms with Crippen LogP contribution in [0.25, 0.3) is 0 Å². The number of anilines is 1. The number of nitrogens with zero attached hydrogens (tertiary/aromatic N) is 1. The number of aryl methyl sites for hydroxylation is 1. The average molecular weight is 286 g/mol. The van der Waals surface area contributed by atoms with Crippen LogP contribution in [0.15, 0.2) is 17.1 Å². The van der Waals surface area contributed by atoms with E-state index < -0.39 is 0 Å². The third-order valence-electron chi connectivity index (χ3n) is 3.54. The summed E-state index contributed by atoms with van der Waals surface area (Å²) in [7, 11) is 1.67. The molecule has 0 amide bonds. The van der Waals surface area contributed by atoms with E-state index in [2.05, 4.69) is 30.8 Å². The quantitative estimate of drug-likeness (QED) is 0.448. The Morgan fingerprint density at radius 2 is 2.14 bits per heavy atom. The Morgan fingerprint density at radius 3 is 2.71 bits per heavy atom. The fraction of sp³-hybridized carbons (Fsp3) is 0.500. The fourth-order valence-electron chi connectivity index (χ4n) is 2.30. The van der Waals surface area contributed by atoms with Crippen molar-refractivity contribution in [2.75, 3.05) is 12.8 Å². The first-order valence-corrected chi connectivity index (χ1v) is 7.59. The largest absolute Gasteiger partial charge is 0.496 e. The summed E-state index contributed by atoms with van der Waals surface area (Å²) in [6, 6.07) is 4.20. The minimum Gasteiger partial charge on any atom is -0.496 e. The molecule has 114 valence electrons. The number of hydrogen-bond acceptors (Lipinski definition) is 3. The van der Waals surface area contributed by atoms with Gasteiger partial charge in [-0.25, -0.2) is 0 Å². The van der Waals surface area contributed by atoms with E-state index in [-0.39, 0.29) is 6.04 Å². The second kappa shape index (κ2) is 9.07. The highest BCUT2D eigenvalue weighted by Crippen LogP contribution is 2.25. The van der Waals surface area contributed by atoms with Crippen molar-refractivity contribution >= 4 is 11.9 Å². The van der Waals surface area contributed by atoms with Gasteiger partial charge >= 0.3 is 0 Å². The summed E-state index contributed by atoms with van der Waals surface area (Å²) >= 11 is 0. The van der Waals surface area contributed by atoms with E-state index >= 15 is 0 Å². The molecular formula is C18H26N2O. The van der Waals surface area contributed by atoms with Crippen molar-refractivity contribution in [3.63, 3.8) is 0 Å². The summed E-state index contributed by atoms with van der Waals surface area (Å²) in [4.78, 5) is 4.67. The summed E-state index contributed by atoms with van der Waals surface area (Å²) in [5.41, 5.74) is 8.87. The fourth-order valence-corrected chi connectivity index (χ4v) is 2.30. The second-order valence-corrected chi connectivity index (χ2v) is 5.11. The molecule has 0 aromatic heterocycles. The molecule has 0 bridgehead atoms. The molecule has 21 heavy (non-hydrogen) atoms. The zero-order chi connectivity index (χ0) is 15.7. The number of methoxy groups -OCH3 is 1. The van der Waals surface area contributed by atoms with E-state index in [4.69, 9.17) is 16.9 Å². The molecule has 1 aromatic rings. The highest BCUT2D eigenvalue weighted by molar-refractivity contribution is 5.88. The van der Waals surface area contributed by atoms with Crippen LogP contribution in [0.2, 0.25) is 0 Å². The molecule has 2 N–H and O–H groups in total. The average Bonchev–Trinajstić information content (AvgIpc) is 2.50. The number of benzene rings is 1. The van der Waals surface area contributed by atoms with Gasteiger partial charge in [0.1, 0.15) is 5.75 Å². The monoisotopic (exact) mass is 286 g/mol. The SMILES string of the molecule is C#CCCC(CCC)N=Cc1cc(CC)c(OC)cc1N. The lowest BCUT2D eigenvalue weighted by Gasteiger charge is -2.12. The van der Waals surface area contributed by atoms with E-state index in [1.54, 1.807) is 7.11 Å². The van der Waals surface area contributed by atoms with Crippen LogP contribution in [0.4, 0.5) is 5.69 Å². The Bertz CT molecular complexity index is 515. The van der Waals surface area contributed by atoms with Crippen molar-refractivity contribution < 1.29 is 4.74 Å². The van der Waals surface area contributed by atoms with E-state index in [9.17, 15) is 0 Å². The van der Waals surface area contributed by atoms with Gasteiger partial charge in [0.05, 0.1) is 13.2 Å². The topological polar surface area (TPSA) is 47.6 Å². The van der Waals surface area contributed by atoms with Gasteiger partial charge in [-0.2, -0.15) is 0 Å². The van der Waals surface area contributed by atoms with Gasteiger partial charge in [-0.05, 0) is 30.9 Å². The van der Waals surface area contributed by atoms with Crippen molar-refractivity contribution in [2.45, 2.75) is 52.0 Å². The van der Waals surface area contributed by atoms with Gasteiger partial charge < -0.3 is 10.5 Å². The maximum Gasteiger partial charge on any atom is 0.124 e. The van der Waals surface area contributed by atoms with Gasteiger partial charge in [0, 0.05) is 30.0 Å². The van der Waals surface area contributed by atoms with E-state index in [1.165, 1.54) is 0 Å². The van der Waals surface area contributed by atoms with Crippen molar-refractivity contribution in [3.05, 3.63) is 23.3 Å². The normalized spacial score (nSPS) is 12.3. The van der Waals surface area contributed by atoms with Crippen LogP contribution in [0.5, 0.6) is 5.75 Å². The van der Waals surface area contributed by atoms with Gasteiger partial charge in [-0.3, -0.25) is 4.99 Å². The smallest absolute Gasteiger partial charge is 0.124 e. The van der Waals surface area contributed by atoms with Crippen LogP contribution in [0, 0.1) is 12.3 Å². The molecule has 0 saturated carbocycles. The lowest BCUT2D eigenvalue weighted by molar-refractivity contribution is 0.410. The third-order valence-corrected chi connectivity index (χ3v) is 3.54. The molecule has 0 aliphatic carbocycles. The molecule has 0 aliphatic heterocycles. The van der Waals surface area contributed by atoms with Gasteiger partial charge in [0.15, 0.2) is 0 Å². The molecule has 3 heteroatoms. The third kappa shape index (κ3) is 5.15. The van der Waals surface area contributed by atoms with E-state index in [1.807, 2.05) is 12.3 Å². The standard InChI is InChI=1S/C18H26N2O/c1-5-8-10-16(9-6-2)20-13-15-11-14(7-3)18(21-4)12-17(15)19/h1,11-13,16H,6-10,19H2,2-4H3.